The van der Waals surface area contributed by atoms with Gasteiger partial charge in [0, 0.05) is 34.1 Å². The second kappa shape index (κ2) is 13.0. The lowest BCUT2D eigenvalue weighted by Gasteiger charge is -2.45. The Balaban J connectivity index is 1.50. The Hall–Kier alpha value is -5.09. The van der Waals surface area contributed by atoms with Gasteiger partial charge in [-0.2, -0.15) is 0 Å². The smallest absolute Gasteiger partial charge is 0.252 e. The van der Waals surface area contributed by atoms with E-state index in [0.717, 1.165) is 33.9 Å². The monoisotopic (exact) mass is 738 g/mol. The molecule has 6 aromatic carbocycles. The highest BCUT2D eigenvalue weighted by molar-refractivity contribution is 7.00. The molecule has 6 aromatic rings. The average Bonchev–Trinajstić information content (AvgIpc) is 3.13. The van der Waals surface area contributed by atoms with Crippen LogP contribution in [0.15, 0.2) is 121 Å². The van der Waals surface area contributed by atoms with Crippen LogP contribution in [0.2, 0.25) is 0 Å². The Morgan fingerprint density at radius 1 is 0.375 bits per heavy atom. The number of rotatable bonds is 3. The first-order valence-corrected chi connectivity index (χ1v) is 20.2. The van der Waals surface area contributed by atoms with E-state index in [1.807, 2.05) is 12.1 Å². The van der Waals surface area contributed by atoms with Crippen LogP contribution in [0.4, 0.5) is 38.5 Å². The van der Waals surface area contributed by atoms with E-state index in [9.17, 15) is 4.39 Å². The van der Waals surface area contributed by atoms with E-state index >= 15 is 0 Å². The minimum atomic E-state index is -0.235. The molecule has 2 aliphatic heterocycles. The molecule has 284 valence electrons. The summed E-state index contributed by atoms with van der Waals surface area (Å²) in [5, 5.41) is 0. The first-order chi connectivity index (χ1) is 26.2. The van der Waals surface area contributed by atoms with Crippen LogP contribution in [-0.2, 0) is 21.7 Å². The quantitative estimate of drug-likeness (QED) is 0.167. The predicted molar refractivity (Wildman–Crippen MR) is 241 cm³/mol. The molecule has 2 nitrogen and oxygen atoms in total. The highest BCUT2D eigenvalue weighted by Crippen LogP contribution is 2.47. The molecule has 2 aliphatic rings. The van der Waals surface area contributed by atoms with E-state index in [2.05, 4.69) is 190 Å². The van der Waals surface area contributed by atoms with Crippen molar-refractivity contribution in [1.82, 2.24) is 0 Å². The average molecular weight is 739 g/mol. The van der Waals surface area contributed by atoms with Crippen LogP contribution in [-0.4, -0.2) is 6.71 Å². The van der Waals surface area contributed by atoms with Crippen LogP contribution in [0.25, 0.3) is 11.1 Å². The first kappa shape index (κ1) is 37.8. The molecule has 0 saturated heterocycles. The minimum absolute atomic E-state index is 0.00735. The SMILES string of the molecule is CC(C)(C)c1ccc(N2c3ccc(C(C)(C)C)cc3B3c4cc(C(C)(C)C)ccc4N(c4ccc(C(C)(C)C)cc4)c4cc(-c5ccc(F)cc5)cc2c43)cc1. The lowest BCUT2D eigenvalue weighted by atomic mass is 9.33. The third-order valence-electron chi connectivity index (χ3n) is 12.0. The zero-order chi connectivity index (χ0) is 40.1. The van der Waals surface area contributed by atoms with E-state index < -0.39 is 0 Å². The van der Waals surface area contributed by atoms with E-state index in [-0.39, 0.29) is 34.2 Å². The van der Waals surface area contributed by atoms with Crippen molar-refractivity contribution in [3.05, 3.63) is 149 Å². The number of nitrogens with zero attached hydrogens (tertiary/aromatic N) is 2. The Bertz CT molecular complexity index is 2300. The summed E-state index contributed by atoms with van der Waals surface area (Å²) in [6.45, 7) is 27.5. The molecule has 0 N–H and O–H groups in total. The zero-order valence-corrected chi connectivity index (χ0v) is 35.4. The lowest BCUT2D eigenvalue weighted by molar-refractivity contribution is 0.590. The summed E-state index contributed by atoms with van der Waals surface area (Å²) in [4.78, 5) is 4.96. The molecule has 0 radical (unpaired) electrons. The van der Waals surface area contributed by atoms with Gasteiger partial charge in [0.05, 0.1) is 0 Å². The predicted octanol–water partition coefficient (Wildman–Crippen LogP) is 12.8. The largest absolute Gasteiger partial charge is 0.311 e. The zero-order valence-electron chi connectivity index (χ0n) is 35.4. The van der Waals surface area contributed by atoms with Gasteiger partial charge in [-0.1, -0.05) is 144 Å². The van der Waals surface area contributed by atoms with E-state index in [4.69, 9.17) is 0 Å². The normalized spacial score (nSPS) is 14.1. The standard InChI is InChI=1S/C52H56BFN2/c1-49(2,3)35-15-23-40(24-16-35)55-44-27-19-37(51(7,8)9)31-42(44)53-43-32-38(52(10,11)12)20-28-45(43)56(41-25-17-36(18-26-41)50(4,5)6)47-30-34(29-46(55)48(47)53)33-13-21-39(54)22-14-33/h13-32H,1-12H3. The van der Waals surface area contributed by atoms with Crippen LogP contribution in [0.3, 0.4) is 0 Å². The Kier molecular flexibility index (Phi) is 8.77. The lowest BCUT2D eigenvalue weighted by Crippen LogP contribution is -2.61. The van der Waals surface area contributed by atoms with Crippen molar-refractivity contribution >= 4 is 57.2 Å². The van der Waals surface area contributed by atoms with Crippen molar-refractivity contribution in [2.45, 2.75) is 105 Å². The number of hydrogen-bond acceptors (Lipinski definition) is 2. The molecule has 8 rings (SSSR count). The molecule has 0 fully saturated rings. The molecule has 0 amide bonds. The molecular weight excluding hydrogens is 682 g/mol. The molecule has 0 aliphatic carbocycles. The molecule has 0 unspecified atom stereocenters. The van der Waals surface area contributed by atoms with Gasteiger partial charge in [0.25, 0.3) is 6.71 Å². The van der Waals surface area contributed by atoms with Crippen molar-refractivity contribution in [1.29, 1.82) is 0 Å². The van der Waals surface area contributed by atoms with Crippen LogP contribution < -0.4 is 26.2 Å². The molecule has 0 saturated carbocycles. The summed E-state index contributed by atoms with van der Waals surface area (Å²) >= 11 is 0. The summed E-state index contributed by atoms with van der Waals surface area (Å²) in [5.41, 5.74) is 18.1. The second-order valence-electron chi connectivity index (χ2n) is 20.2. The molecule has 56 heavy (non-hydrogen) atoms. The number of anilines is 6. The van der Waals surface area contributed by atoms with Gasteiger partial charge in [-0.3, -0.25) is 0 Å². The topological polar surface area (TPSA) is 6.48 Å². The maximum atomic E-state index is 14.4. The number of benzene rings is 6. The number of hydrogen-bond donors (Lipinski definition) is 0. The highest BCUT2D eigenvalue weighted by Gasteiger charge is 2.44. The first-order valence-electron chi connectivity index (χ1n) is 20.2. The van der Waals surface area contributed by atoms with E-state index in [1.54, 1.807) is 12.1 Å². The number of halogens is 1. The summed E-state index contributed by atoms with van der Waals surface area (Å²) < 4.78 is 14.4. The van der Waals surface area contributed by atoms with Crippen LogP contribution in [0.5, 0.6) is 0 Å². The van der Waals surface area contributed by atoms with Crippen molar-refractivity contribution in [3.8, 4) is 11.1 Å². The summed E-state index contributed by atoms with van der Waals surface area (Å²) in [6.07, 6.45) is 0. The van der Waals surface area contributed by atoms with Crippen LogP contribution in [0, 0.1) is 5.82 Å². The van der Waals surface area contributed by atoms with Gasteiger partial charge in [0.1, 0.15) is 5.82 Å². The maximum Gasteiger partial charge on any atom is 0.252 e. The van der Waals surface area contributed by atoms with Gasteiger partial charge in [0.2, 0.25) is 0 Å². The van der Waals surface area contributed by atoms with Crippen LogP contribution >= 0.6 is 0 Å². The molecule has 2 heterocycles. The van der Waals surface area contributed by atoms with Gasteiger partial charge in [0.15, 0.2) is 0 Å². The fourth-order valence-electron chi connectivity index (χ4n) is 8.52. The maximum absolute atomic E-state index is 14.4. The van der Waals surface area contributed by atoms with Crippen molar-refractivity contribution in [3.63, 3.8) is 0 Å². The van der Waals surface area contributed by atoms with E-state index in [1.165, 1.54) is 50.0 Å². The molecule has 0 atom stereocenters. The molecular formula is C52H56BFN2. The van der Waals surface area contributed by atoms with Gasteiger partial charge in [-0.15, -0.1) is 0 Å². The minimum Gasteiger partial charge on any atom is -0.311 e. The molecule has 0 bridgehead atoms. The van der Waals surface area contributed by atoms with Gasteiger partial charge < -0.3 is 9.80 Å². The Morgan fingerprint density at radius 2 is 0.732 bits per heavy atom. The fourth-order valence-corrected chi connectivity index (χ4v) is 8.52. The Labute approximate surface area is 335 Å². The van der Waals surface area contributed by atoms with Crippen molar-refractivity contribution in [2.75, 3.05) is 9.80 Å². The molecule has 4 heteroatoms. The van der Waals surface area contributed by atoms with E-state index in [0.29, 0.717) is 0 Å². The van der Waals surface area contributed by atoms with Crippen molar-refractivity contribution in [2.24, 2.45) is 0 Å². The van der Waals surface area contributed by atoms with Crippen LogP contribution in [0.1, 0.15) is 105 Å². The van der Waals surface area contributed by atoms with Gasteiger partial charge in [-0.25, -0.2) is 4.39 Å². The summed E-state index contributed by atoms with van der Waals surface area (Å²) in [7, 11) is 0. The molecule has 0 spiro atoms. The van der Waals surface area contributed by atoms with Gasteiger partial charge in [-0.05, 0) is 132 Å². The highest BCUT2D eigenvalue weighted by atomic mass is 19.1. The summed E-state index contributed by atoms with van der Waals surface area (Å²) in [6, 6.07) is 44.3. The van der Waals surface area contributed by atoms with Crippen molar-refractivity contribution < 1.29 is 4.39 Å². The van der Waals surface area contributed by atoms with Gasteiger partial charge >= 0.3 is 0 Å². The third kappa shape index (κ3) is 6.55. The Morgan fingerprint density at radius 3 is 1.09 bits per heavy atom. The molecule has 0 aromatic heterocycles. The third-order valence-corrected chi connectivity index (χ3v) is 12.0. The summed E-state index contributed by atoms with van der Waals surface area (Å²) in [5.74, 6) is -0.235. The number of fused-ring (bicyclic) bond motifs is 4. The fraction of sp³-hybridized carbons (Fsp3) is 0.308. The second-order valence-corrected chi connectivity index (χ2v) is 20.2.